The van der Waals surface area contributed by atoms with Gasteiger partial charge in [-0.15, -0.1) is 0 Å². The summed E-state index contributed by atoms with van der Waals surface area (Å²) in [5.74, 6) is 1.35. The Bertz CT molecular complexity index is 612. The Balaban J connectivity index is 1.23. The molecule has 2 bridgehead atoms. The van der Waals surface area contributed by atoms with Gasteiger partial charge in [-0.25, -0.2) is 0 Å². The normalized spacial score (nSPS) is 32.6. The number of carbonyl (C=O) groups excluding carboxylic acids is 1. The van der Waals surface area contributed by atoms with E-state index in [9.17, 15) is 4.79 Å². The third-order valence-electron chi connectivity index (χ3n) is 6.70. The van der Waals surface area contributed by atoms with Gasteiger partial charge in [0.25, 0.3) is 0 Å². The number of hydrogen-bond acceptors (Lipinski definition) is 4. The molecule has 0 radical (unpaired) electrons. The average Bonchev–Trinajstić information content (AvgIpc) is 3.24. The third-order valence-corrected chi connectivity index (χ3v) is 6.70. The SMILES string of the molecule is CC(CN1CCN(c2ccccc2)CC1)NC(=O)C1C2CCC(C2)C1N. The van der Waals surface area contributed by atoms with Crippen LogP contribution in [0.2, 0.25) is 0 Å². The van der Waals surface area contributed by atoms with Gasteiger partial charge in [0, 0.05) is 50.5 Å². The van der Waals surface area contributed by atoms with Crippen molar-refractivity contribution in [2.75, 3.05) is 37.6 Å². The van der Waals surface area contributed by atoms with Crippen LogP contribution >= 0.6 is 0 Å². The van der Waals surface area contributed by atoms with Crippen molar-refractivity contribution in [3.63, 3.8) is 0 Å². The highest BCUT2D eigenvalue weighted by atomic mass is 16.2. The molecule has 142 valence electrons. The second-order valence-electron chi connectivity index (χ2n) is 8.47. The standard InChI is InChI=1S/C21H32N4O/c1-15(23-21(26)19-16-7-8-17(13-16)20(19)22)14-24-9-11-25(12-10-24)18-5-3-2-4-6-18/h2-6,15-17,19-20H,7-14,22H2,1H3,(H,23,26). The predicted octanol–water partition coefficient (Wildman–Crippen LogP) is 1.69. The second-order valence-corrected chi connectivity index (χ2v) is 8.47. The summed E-state index contributed by atoms with van der Waals surface area (Å²) in [6, 6.07) is 10.9. The number of nitrogens with one attached hydrogen (secondary N) is 1. The van der Waals surface area contributed by atoms with Crippen LogP contribution in [-0.4, -0.2) is 55.6 Å². The second kappa shape index (κ2) is 7.57. The Morgan fingerprint density at radius 3 is 2.50 bits per heavy atom. The largest absolute Gasteiger partial charge is 0.369 e. The lowest BCUT2D eigenvalue weighted by molar-refractivity contribution is -0.127. The van der Waals surface area contributed by atoms with E-state index in [1.807, 2.05) is 0 Å². The fourth-order valence-corrected chi connectivity index (χ4v) is 5.32. The monoisotopic (exact) mass is 356 g/mol. The number of rotatable bonds is 5. The third kappa shape index (κ3) is 3.60. The molecule has 3 fully saturated rings. The smallest absolute Gasteiger partial charge is 0.225 e. The summed E-state index contributed by atoms with van der Waals surface area (Å²) < 4.78 is 0. The summed E-state index contributed by atoms with van der Waals surface area (Å²) in [5.41, 5.74) is 7.62. The summed E-state index contributed by atoms with van der Waals surface area (Å²) >= 11 is 0. The number of nitrogens with two attached hydrogens (primary N) is 1. The van der Waals surface area contributed by atoms with E-state index in [0.717, 1.165) is 39.1 Å². The van der Waals surface area contributed by atoms with Crippen molar-refractivity contribution >= 4 is 11.6 Å². The maximum atomic E-state index is 12.7. The van der Waals surface area contributed by atoms with Gasteiger partial charge < -0.3 is 16.0 Å². The van der Waals surface area contributed by atoms with Crippen molar-refractivity contribution < 1.29 is 4.79 Å². The van der Waals surface area contributed by atoms with Crippen molar-refractivity contribution in [3.05, 3.63) is 30.3 Å². The van der Waals surface area contributed by atoms with Crippen LogP contribution in [0, 0.1) is 17.8 Å². The maximum absolute atomic E-state index is 12.7. The minimum Gasteiger partial charge on any atom is -0.369 e. The van der Waals surface area contributed by atoms with Gasteiger partial charge in [0.05, 0.1) is 5.92 Å². The van der Waals surface area contributed by atoms with Gasteiger partial charge >= 0.3 is 0 Å². The highest BCUT2D eigenvalue weighted by Crippen LogP contribution is 2.47. The molecule has 5 unspecified atom stereocenters. The van der Waals surface area contributed by atoms with Gasteiger partial charge in [0.2, 0.25) is 5.91 Å². The summed E-state index contributed by atoms with van der Waals surface area (Å²) in [6.07, 6.45) is 3.57. The van der Waals surface area contributed by atoms with E-state index < -0.39 is 0 Å². The highest BCUT2D eigenvalue weighted by molar-refractivity contribution is 5.80. The van der Waals surface area contributed by atoms with Gasteiger partial charge in [-0.2, -0.15) is 0 Å². The molecular formula is C21H32N4O. The topological polar surface area (TPSA) is 61.6 Å². The van der Waals surface area contributed by atoms with Crippen molar-refractivity contribution in [2.24, 2.45) is 23.5 Å². The molecule has 0 aromatic heterocycles. The number of nitrogens with zero attached hydrogens (tertiary/aromatic N) is 2. The molecule has 5 heteroatoms. The first-order valence-electron chi connectivity index (χ1n) is 10.2. The molecule has 1 saturated heterocycles. The minimum atomic E-state index is 0.0473. The van der Waals surface area contributed by atoms with E-state index in [-0.39, 0.29) is 23.9 Å². The molecule has 1 heterocycles. The van der Waals surface area contributed by atoms with E-state index in [4.69, 9.17) is 5.73 Å². The fourth-order valence-electron chi connectivity index (χ4n) is 5.32. The number of carbonyl (C=O) groups is 1. The first-order chi connectivity index (χ1) is 12.6. The zero-order valence-electron chi connectivity index (χ0n) is 15.8. The molecule has 2 aliphatic carbocycles. The molecule has 1 aromatic rings. The number of amides is 1. The van der Waals surface area contributed by atoms with Crippen molar-refractivity contribution in [3.8, 4) is 0 Å². The van der Waals surface area contributed by atoms with Crippen LogP contribution in [0.25, 0.3) is 0 Å². The number of benzene rings is 1. The molecular weight excluding hydrogens is 324 g/mol. The van der Waals surface area contributed by atoms with E-state index in [2.05, 4.69) is 52.4 Å². The number of anilines is 1. The van der Waals surface area contributed by atoms with Crippen molar-refractivity contribution in [1.29, 1.82) is 0 Å². The van der Waals surface area contributed by atoms with Gasteiger partial charge in [0.1, 0.15) is 0 Å². The van der Waals surface area contributed by atoms with Crippen LogP contribution in [0.4, 0.5) is 5.69 Å². The Morgan fingerprint density at radius 2 is 1.85 bits per heavy atom. The highest BCUT2D eigenvalue weighted by Gasteiger charge is 2.49. The first kappa shape index (κ1) is 17.8. The van der Waals surface area contributed by atoms with Gasteiger partial charge in [-0.3, -0.25) is 9.69 Å². The molecule has 5 nitrogen and oxygen atoms in total. The molecule has 4 rings (SSSR count). The van der Waals surface area contributed by atoms with Gasteiger partial charge in [-0.1, -0.05) is 18.2 Å². The number of piperazine rings is 1. The summed E-state index contributed by atoms with van der Waals surface area (Å²) in [7, 11) is 0. The van der Waals surface area contributed by atoms with E-state index in [1.54, 1.807) is 0 Å². The quantitative estimate of drug-likeness (QED) is 0.843. The van der Waals surface area contributed by atoms with Crippen LogP contribution in [0.1, 0.15) is 26.2 Å². The molecule has 3 N–H and O–H groups in total. The fraction of sp³-hybridized carbons (Fsp3) is 0.667. The number of para-hydroxylation sites is 1. The van der Waals surface area contributed by atoms with Crippen LogP contribution < -0.4 is 16.0 Å². The molecule has 5 atom stereocenters. The molecule has 26 heavy (non-hydrogen) atoms. The summed E-state index contributed by atoms with van der Waals surface area (Å²) in [6.45, 7) is 7.22. The number of hydrogen-bond donors (Lipinski definition) is 2. The van der Waals surface area contributed by atoms with Gasteiger partial charge in [0.15, 0.2) is 0 Å². The lowest BCUT2D eigenvalue weighted by atomic mass is 9.84. The van der Waals surface area contributed by atoms with E-state index in [1.165, 1.54) is 18.5 Å². The van der Waals surface area contributed by atoms with Crippen LogP contribution in [0.15, 0.2) is 30.3 Å². The Morgan fingerprint density at radius 1 is 1.15 bits per heavy atom. The van der Waals surface area contributed by atoms with Crippen molar-refractivity contribution in [1.82, 2.24) is 10.2 Å². The van der Waals surface area contributed by atoms with E-state index in [0.29, 0.717) is 11.8 Å². The van der Waals surface area contributed by atoms with Gasteiger partial charge in [-0.05, 0) is 50.2 Å². The maximum Gasteiger partial charge on any atom is 0.225 e. The summed E-state index contributed by atoms with van der Waals surface area (Å²) in [5, 5.41) is 3.25. The van der Waals surface area contributed by atoms with Crippen LogP contribution in [-0.2, 0) is 4.79 Å². The zero-order valence-corrected chi connectivity index (χ0v) is 15.8. The van der Waals surface area contributed by atoms with E-state index >= 15 is 0 Å². The molecule has 0 spiro atoms. The Hall–Kier alpha value is -1.59. The van der Waals surface area contributed by atoms with Crippen molar-refractivity contribution in [2.45, 2.75) is 38.3 Å². The molecule has 1 amide bonds. The van der Waals surface area contributed by atoms with Crippen LogP contribution in [0.3, 0.4) is 0 Å². The zero-order chi connectivity index (χ0) is 18.1. The Labute approximate surface area is 156 Å². The first-order valence-corrected chi connectivity index (χ1v) is 10.2. The number of fused-ring (bicyclic) bond motifs is 2. The average molecular weight is 357 g/mol. The van der Waals surface area contributed by atoms with Crippen LogP contribution in [0.5, 0.6) is 0 Å². The molecule has 3 aliphatic rings. The molecule has 1 aromatic carbocycles. The molecule has 2 saturated carbocycles. The Kier molecular flexibility index (Phi) is 5.18. The summed E-state index contributed by atoms with van der Waals surface area (Å²) in [4.78, 5) is 17.6. The lowest BCUT2D eigenvalue weighted by Crippen LogP contribution is -2.53. The lowest BCUT2D eigenvalue weighted by Gasteiger charge is -2.37. The minimum absolute atomic E-state index is 0.0473. The molecule has 1 aliphatic heterocycles. The predicted molar refractivity (Wildman–Crippen MR) is 105 cm³/mol.